The average molecular weight is 1010 g/mol. The molecule has 9 nitrogen and oxygen atoms in total. The van der Waals surface area contributed by atoms with Crippen LogP contribution in [0.1, 0.15) is 206 Å². The molecule has 0 saturated heterocycles. The van der Waals surface area contributed by atoms with Crippen LogP contribution in [0.2, 0.25) is 0 Å². The number of esters is 2. The Balaban J connectivity index is 4.09. The van der Waals surface area contributed by atoms with Gasteiger partial charge in [0.15, 0.2) is 6.10 Å². The molecule has 0 spiro atoms. The highest BCUT2D eigenvalue weighted by Crippen LogP contribution is 2.43. The Labute approximate surface area is 434 Å². The summed E-state index contributed by atoms with van der Waals surface area (Å²) in [5.74, 6) is -0.870. The van der Waals surface area contributed by atoms with E-state index >= 15 is 0 Å². The van der Waals surface area contributed by atoms with E-state index in [1.807, 2.05) is 0 Å². The first-order valence-corrected chi connectivity index (χ1v) is 29.2. The molecule has 2 atom stereocenters. The van der Waals surface area contributed by atoms with E-state index in [1.165, 1.54) is 44.9 Å². The lowest BCUT2D eigenvalue weighted by molar-refractivity contribution is -0.161. The summed E-state index contributed by atoms with van der Waals surface area (Å²) < 4.78 is 33.0. The minimum Gasteiger partial charge on any atom is -0.462 e. The maximum atomic E-state index is 12.7. The predicted octanol–water partition coefficient (Wildman–Crippen LogP) is 17.4. The van der Waals surface area contributed by atoms with E-state index in [4.69, 9.17) is 24.3 Å². The van der Waals surface area contributed by atoms with Gasteiger partial charge in [-0.1, -0.05) is 218 Å². The number of phosphoric acid groups is 1. The maximum absolute atomic E-state index is 12.7. The number of phosphoric ester groups is 1. The number of carbonyl (C=O) groups excluding carboxylic acids is 2. The van der Waals surface area contributed by atoms with Gasteiger partial charge in [-0.05, 0) is 109 Å². The molecular weight excluding hydrogens is 906 g/mol. The zero-order valence-electron chi connectivity index (χ0n) is 44.7. The van der Waals surface area contributed by atoms with E-state index in [-0.39, 0.29) is 32.6 Å². The fourth-order valence-electron chi connectivity index (χ4n) is 7.02. The molecule has 3 N–H and O–H groups in total. The van der Waals surface area contributed by atoms with Gasteiger partial charge in [0.25, 0.3) is 0 Å². The zero-order chi connectivity index (χ0) is 51.7. The van der Waals surface area contributed by atoms with E-state index in [1.54, 1.807) is 0 Å². The molecule has 402 valence electrons. The van der Waals surface area contributed by atoms with E-state index in [0.29, 0.717) is 6.42 Å². The van der Waals surface area contributed by atoms with Gasteiger partial charge in [0.1, 0.15) is 6.61 Å². The van der Waals surface area contributed by atoms with Crippen LogP contribution in [0.3, 0.4) is 0 Å². The quantitative estimate of drug-likeness (QED) is 0.0264. The van der Waals surface area contributed by atoms with Crippen molar-refractivity contribution in [1.29, 1.82) is 0 Å². The highest BCUT2D eigenvalue weighted by atomic mass is 31.2. The van der Waals surface area contributed by atoms with Gasteiger partial charge in [0.05, 0.1) is 13.2 Å². The molecule has 2 unspecified atom stereocenters. The predicted molar refractivity (Wildman–Crippen MR) is 302 cm³/mol. The second-order valence-corrected chi connectivity index (χ2v) is 19.1. The minimum absolute atomic E-state index is 0.0409. The summed E-state index contributed by atoms with van der Waals surface area (Å²) in [6.45, 7) is 3.46. The Morgan fingerprint density at radius 3 is 1.08 bits per heavy atom. The topological polar surface area (TPSA) is 134 Å². The molecule has 10 heteroatoms. The second-order valence-electron chi connectivity index (χ2n) is 17.7. The van der Waals surface area contributed by atoms with E-state index in [0.717, 1.165) is 128 Å². The van der Waals surface area contributed by atoms with Gasteiger partial charge in [-0.2, -0.15) is 0 Å². The third kappa shape index (κ3) is 55.3. The van der Waals surface area contributed by atoms with Crippen LogP contribution >= 0.6 is 7.82 Å². The number of carbonyl (C=O) groups is 2. The maximum Gasteiger partial charge on any atom is 0.472 e. The lowest BCUT2D eigenvalue weighted by atomic mass is 10.0. The molecule has 0 fully saturated rings. The lowest BCUT2D eigenvalue weighted by Gasteiger charge is -2.19. The molecule has 0 bridgehead atoms. The van der Waals surface area contributed by atoms with E-state index in [9.17, 15) is 19.0 Å². The molecule has 0 aromatic carbocycles. The van der Waals surface area contributed by atoms with Crippen molar-refractivity contribution < 1.29 is 37.6 Å². The van der Waals surface area contributed by atoms with Crippen LogP contribution < -0.4 is 5.73 Å². The highest BCUT2D eigenvalue weighted by molar-refractivity contribution is 7.47. The van der Waals surface area contributed by atoms with Crippen LogP contribution in [-0.4, -0.2) is 49.3 Å². The van der Waals surface area contributed by atoms with Crippen molar-refractivity contribution in [3.05, 3.63) is 134 Å². The molecule has 0 aromatic heterocycles. The Bertz CT molecular complexity index is 1620. The van der Waals surface area contributed by atoms with Gasteiger partial charge in [-0.25, -0.2) is 4.57 Å². The number of rotatable bonds is 50. The molecular formula is C61H100NO8P. The SMILES string of the molecule is CC/C=C\C/C=C\C/C=C\C/C=C\C/C=C\C/C=C\CCCCCCC(=O)OC(COC(=O)CCCCCCCCCCCCC/C=C\C/C=C\C/C=C\C/C=C\C/C=C\CC)COP(=O)(O)OCCN. The van der Waals surface area contributed by atoms with Crippen molar-refractivity contribution in [3.8, 4) is 0 Å². The molecule has 71 heavy (non-hydrogen) atoms. The second kappa shape index (κ2) is 55.5. The molecule has 0 aliphatic rings. The van der Waals surface area contributed by atoms with Crippen molar-refractivity contribution in [2.75, 3.05) is 26.4 Å². The van der Waals surface area contributed by atoms with Gasteiger partial charge in [-0.15, -0.1) is 0 Å². The zero-order valence-corrected chi connectivity index (χ0v) is 45.5. The average Bonchev–Trinajstić information content (AvgIpc) is 3.36. The molecule has 0 aliphatic heterocycles. The summed E-state index contributed by atoms with van der Waals surface area (Å²) in [6.07, 6.45) is 77.8. The number of unbranched alkanes of at least 4 members (excludes halogenated alkanes) is 15. The first kappa shape index (κ1) is 67.1. The van der Waals surface area contributed by atoms with E-state index < -0.39 is 32.5 Å². The number of hydrogen-bond donors (Lipinski definition) is 2. The van der Waals surface area contributed by atoms with Crippen LogP contribution in [0.25, 0.3) is 0 Å². The van der Waals surface area contributed by atoms with Gasteiger partial charge in [0.2, 0.25) is 0 Å². The molecule has 0 amide bonds. The number of nitrogens with two attached hydrogens (primary N) is 1. The monoisotopic (exact) mass is 1010 g/mol. The Hall–Kier alpha value is -3.85. The summed E-state index contributed by atoms with van der Waals surface area (Å²) in [6, 6.07) is 0. The van der Waals surface area contributed by atoms with E-state index in [2.05, 4.69) is 148 Å². The number of ether oxygens (including phenoxy) is 2. The highest BCUT2D eigenvalue weighted by Gasteiger charge is 2.26. The fourth-order valence-corrected chi connectivity index (χ4v) is 7.78. The van der Waals surface area contributed by atoms with Crippen LogP contribution in [0, 0.1) is 0 Å². The summed E-state index contributed by atoms with van der Waals surface area (Å²) >= 11 is 0. The van der Waals surface area contributed by atoms with Crippen molar-refractivity contribution in [2.24, 2.45) is 5.73 Å². The Kier molecular flexibility index (Phi) is 52.5. The summed E-state index contributed by atoms with van der Waals surface area (Å²) in [7, 11) is -4.41. The number of allylic oxidation sites excluding steroid dienone is 22. The Morgan fingerprint density at radius 2 is 0.732 bits per heavy atom. The van der Waals surface area contributed by atoms with Crippen molar-refractivity contribution in [2.45, 2.75) is 213 Å². The summed E-state index contributed by atoms with van der Waals surface area (Å²) in [5.41, 5.74) is 5.37. The molecule has 0 saturated carbocycles. The molecule has 0 radical (unpaired) electrons. The smallest absolute Gasteiger partial charge is 0.462 e. The van der Waals surface area contributed by atoms with Gasteiger partial charge in [-0.3, -0.25) is 18.6 Å². The van der Waals surface area contributed by atoms with Crippen LogP contribution in [0.4, 0.5) is 0 Å². The standard InChI is InChI=1S/C61H100NO8P/c1-3-5-7-9-11-13-15-17-19-21-23-25-27-28-29-30-32-33-35-37-39-41-43-45-47-49-51-53-60(63)67-57-59(58-69-71(65,66)68-56-55-62)70-61(64)54-52-50-48-46-44-42-40-38-36-34-31-26-24-22-20-18-16-14-12-10-8-6-4-2/h5-8,11-14,17-20,23-26,28-29,34,36,40,42,59H,3-4,9-10,15-16,21-22,27,30-33,35,37-39,41,43-58,62H2,1-2H3,(H,65,66)/b7-5-,8-6-,13-11-,14-12-,19-17-,20-18-,25-23-,26-24-,29-28-,36-34-,42-40-. The first-order valence-electron chi connectivity index (χ1n) is 27.7. The van der Waals surface area contributed by atoms with Crippen LogP contribution in [-0.2, 0) is 32.7 Å². The van der Waals surface area contributed by atoms with Gasteiger partial charge in [0, 0.05) is 19.4 Å². The Morgan fingerprint density at radius 1 is 0.423 bits per heavy atom. The van der Waals surface area contributed by atoms with Crippen LogP contribution in [0.15, 0.2) is 134 Å². The lowest BCUT2D eigenvalue weighted by Crippen LogP contribution is -2.29. The fraction of sp³-hybridized carbons (Fsp3) is 0.607. The molecule has 0 aromatic rings. The third-order valence-corrected chi connectivity index (χ3v) is 12.0. The normalized spacial score (nSPS) is 14.1. The van der Waals surface area contributed by atoms with Crippen molar-refractivity contribution in [1.82, 2.24) is 0 Å². The minimum atomic E-state index is -4.41. The number of hydrogen-bond acceptors (Lipinski definition) is 8. The summed E-state index contributed by atoms with van der Waals surface area (Å²) in [5, 5.41) is 0. The largest absolute Gasteiger partial charge is 0.472 e. The third-order valence-electron chi connectivity index (χ3n) is 11.0. The van der Waals surface area contributed by atoms with Crippen molar-refractivity contribution >= 4 is 19.8 Å². The van der Waals surface area contributed by atoms with Gasteiger partial charge >= 0.3 is 19.8 Å². The molecule has 0 heterocycles. The summed E-state index contributed by atoms with van der Waals surface area (Å²) in [4.78, 5) is 35.2. The first-order chi connectivity index (χ1) is 34.8. The molecule has 0 aliphatic carbocycles. The van der Waals surface area contributed by atoms with Crippen LogP contribution in [0.5, 0.6) is 0 Å². The van der Waals surface area contributed by atoms with Gasteiger partial charge < -0.3 is 20.1 Å². The molecule has 0 rings (SSSR count). The van der Waals surface area contributed by atoms with Crippen molar-refractivity contribution in [3.63, 3.8) is 0 Å².